The largest absolute Gasteiger partial charge is 0.616 e. The summed E-state index contributed by atoms with van der Waals surface area (Å²) in [5.41, 5.74) is 0.746. The van der Waals surface area contributed by atoms with E-state index in [9.17, 15) is 17.7 Å². The molecule has 0 radical (unpaired) electrons. The number of fused-ring (bicyclic) bond motifs is 1. The number of hydrogen-bond donors (Lipinski definition) is 0. The van der Waals surface area contributed by atoms with Gasteiger partial charge in [-0.3, -0.25) is 0 Å². The standard InChI is InChI=1S/C17H15F3N4OS/c18-17(19,20)13-3-1-2-12(10-13)14-11-21-24-5-4-15(22-16(14)24)23-6-8-26(25)9-7-23/h1-5,10-11H,6-9H2. The number of alkyl halides is 3. The van der Waals surface area contributed by atoms with Gasteiger partial charge in [-0.05, 0) is 23.8 Å². The minimum atomic E-state index is -4.40. The molecule has 5 nitrogen and oxygen atoms in total. The van der Waals surface area contributed by atoms with E-state index in [2.05, 4.69) is 10.1 Å². The van der Waals surface area contributed by atoms with Crippen LogP contribution in [0.3, 0.4) is 0 Å². The Bertz CT molecular complexity index is 935. The number of rotatable bonds is 2. The maximum atomic E-state index is 13.0. The molecule has 3 heterocycles. The average Bonchev–Trinajstić information content (AvgIpc) is 3.05. The molecule has 0 saturated carbocycles. The summed E-state index contributed by atoms with van der Waals surface area (Å²) in [7, 11) is 0. The lowest BCUT2D eigenvalue weighted by molar-refractivity contribution is -0.137. The lowest BCUT2D eigenvalue weighted by atomic mass is 10.1. The Kier molecular flexibility index (Phi) is 4.28. The molecule has 3 aromatic rings. The van der Waals surface area contributed by atoms with Gasteiger partial charge in [-0.25, -0.2) is 9.50 Å². The van der Waals surface area contributed by atoms with Crippen molar-refractivity contribution in [3.05, 3.63) is 48.3 Å². The highest BCUT2D eigenvalue weighted by molar-refractivity contribution is 7.91. The van der Waals surface area contributed by atoms with Gasteiger partial charge in [0.05, 0.1) is 24.8 Å². The summed E-state index contributed by atoms with van der Waals surface area (Å²) >= 11 is -0.793. The fourth-order valence-electron chi connectivity index (χ4n) is 2.97. The molecular weight excluding hydrogens is 365 g/mol. The van der Waals surface area contributed by atoms with Gasteiger partial charge in [0.15, 0.2) is 5.65 Å². The summed E-state index contributed by atoms with van der Waals surface area (Å²) in [6.45, 7) is 1.28. The van der Waals surface area contributed by atoms with Gasteiger partial charge < -0.3 is 9.45 Å². The molecule has 0 N–H and O–H groups in total. The molecule has 0 unspecified atom stereocenters. The predicted octanol–water partition coefficient (Wildman–Crippen LogP) is 2.98. The predicted molar refractivity (Wildman–Crippen MR) is 93.5 cm³/mol. The van der Waals surface area contributed by atoms with Crippen LogP contribution in [0.1, 0.15) is 5.56 Å². The Hall–Kier alpha value is -2.26. The summed E-state index contributed by atoms with van der Waals surface area (Å²) in [5, 5.41) is 4.19. The van der Waals surface area contributed by atoms with Crippen LogP contribution in [0.15, 0.2) is 42.7 Å². The van der Waals surface area contributed by atoms with Crippen molar-refractivity contribution in [2.75, 3.05) is 29.5 Å². The molecule has 1 aliphatic heterocycles. The van der Waals surface area contributed by atoms with E-state index in [-0.39, 0.29) is 0 Å². The van der Waals surface area contributed by atoms with Crippen molar-refractivity contribution in [3.63, 3.8) is 0 Å². The number of anilines is 1. The molecule has 0 atom stereocenters. The second kappa shape index (κ2) is 6.48. The van der Waals surface area contributed by atoms with Gasteiger partial charge in [0.25, 0.3) is 0 Å². The van der Waals surface area contributed by atoms with Crippen molar-refractivity contribution in [2.45, 2.75) is 6.18 Å². The second-order valence-electron chi connectivity index (χ2n) is 6.03. The van der Waals surface area contributed by atoms with Gasteiger partial charge in [0.2, 0.25) is 0 Å². The van der Waals surface area contributed by atoms with E-state index in [4.69, 9.17) is 0 Å². The monoisotopic (exact) mass is 380 g/mol. The van der Waals surface area contributed by atoms with Gasteiger partial charge in [-0.15, -0.1) is 0 Å². The van der Waals surface area contributed by atoms with Crippen LogP contribution in [0, 0.1) is 0 Å². The Morgan fingerprint density at radius 1 is 1.12 bits per heavy atom. The zero-order valence-electron chi connectivity index (χ0n) is 13.6. The van der Waals surface area contributed by atoms with Crippen LogP contribution in [0.25, 0.3) is 16.8 Å². The average molecular weight is 380 g/mol. The number of aromatic nitrogens is 3. The summed E-state index contributed by atoms with van der Waals surface area (Å²) in [6.07, 6.45) is -1.14. The highest BCUT2D eigenvalue weighted by Gasteiger charge is 2.30. The molecule has 136 valence electrons. The number of nitrogens with zero attached hydrogens (tertiary/aromatic N) is 4. The van der Waals surface area contributed by atoms with Crippen molar-refractivity contribution < 1.29 is 17.7 Å². The van der Waals surface area contributed by atoms with E-state index in [1.807, 2.05) is 11.0 Å². The van der Waals surface area contributed by atoms with Gasteiger partial charge in [-0.1, -0.05) is 23.3 Å². The van der Waals surface area contributed by atoms with Crippen LogP contribution in [-0.4, -0.2) is 43.7 Å². The van der Waals surface area contributed by atoms with Crippen LogP contribution >= 0.6 is 0 Å². The van der Waals surface area contributed by atoms with Gasteiger partial charge >= 0.3 is 6.18 Å². The fraction of sp³-hybridized carbons (Fsp3) is 0.294. The highest BCUT2D eigenvalue weighted by Crippen LogP contribution is 2.33. The van der Waals surface area contributed by atoms with Crippen LogP contribution in [0.4, 0.5) is 19.0 Å². The Balaban J connectivity index is 1.73. The van der Waals surface area contributed by atoms with Crippen LogP contribution in [-0.2, 0) is 17.4 Å². The molecule has 1 saturated heterocycles. The molecule has 1 fully saturated rings. The van der Waals surface area contributed by atoms with Crippen molar-refractivity contribution in [2.24, 2.45) is 0 Å². The molecule has 4 rings (SSSR count). The molecule has 1 aromatic carbocycles. The fourth-order valence-corrected chi connectivity index (χ4v) is 4.02. The highest BCUT2D eigenvalue weighted by atomic mass is 32.2. The lowest BCUT2D eigenvalue weighted by Gasteiger charge is -2.28. The molecule has 1 aliphatic rings. The number of hydrogen-bond acceptors (Lipinski definition) is 4. The molecule has 2 aromatic heterocycles. The summed E-state index contributed by atoms with van der Waals surface area (Å²) < 4.78 is 52.0. The summed E-state index contributed by atoms with van der Waals surface area (Å²) in [5.74, 6) is 1.89. The smallest absolute Gasteiger partial charge is 0.416 e. The van der Waals surface area contributed by atoms with E-state index in [0.717, 1.165) is 12.1 Å². The van der Waals surface area contributed by atoms with Crippen LogP contribution < -0.4 is 4.90 Å². The minimum absolute atomic E-state index is 0.416. The Morgan fingerprint density at radius 3 is 2.62 bits per heavy atom. The molecule has 0 amide bonds. The maximum absolute atomic E-state index is 13.0. The SMILES string of the molecule is [O-][S+]1CCN(c2ccn3ncc(-c4cccc(C(F)(F)F)c4)c3n2)CC1. The molecular formula is C17H15F3N4OS. The molecule has 26 heavy (non-hydrogen) atoms. The first kappa shape index (κ1) is 17.2. The first-order chi connectivity index (χ1) is 12.4. The zero-order chi connectivity index (χ0) is 18.3. The summed E-state index contributed by atoms with van der Waals surface area (Å²) in [6, 6.07) is 6.96. The topological polar surface area (TPSA) is 56.5 Å². The van der Waals surface area contributed by atoms with Gasteiger partial charge in [0, 0.05) is 11.8 Å². The van der Waals surface area contributed by atoms with E-state index < -0.39 is 22.9 Å². The molecule has 0 aliphatic carbocycles. The van der Waals surface area contributed by atoms with E-state index in [1.165, 1.54) is 12.3 Å². The molecule has 0 bridgehead atoms. The Morgan fingerprint density at radius 2 is 1.88 bits per heavy atom. The van der Waals surface area contributed by atoms with Crippen molar-refractivity contribution in [3.8, 4) is 11.1 Å². The third-order valence-corrected chi connectivity index (χ3v) is 5.63. The number of halogens is 3. The third-order valence-electron chi connectivity index (χ3n) is 4.36. The lowest BCUT2D eigenvalue weighted by Crippen LogP contribution is -2.40. The number of benzene rings is 1. The zero-order valence-corrected chi connectivity index (χ0v) is 14.4. The minimum Gasteiger partial charge on any atom is -0.616 e. The normalized spacial score (nSPS) is 16.4. The molecule has 9 heteroatoms. The maximum Gasteiger partial charge on any atom is 0.416 e. The first-order valence-corrected chi connectivity index (χ1v) is 9.52. The Labute approximate surface area is 150 Å². The van der Waals surface area contributed by atoms with E-state index in [0.29, 0.717) is 47.2 Å². The van der Waals surface area contributed by atoms with E-state index >= 15 is 0 Å². The summed E-state index contributed by atoms with van der Waals surface area (Å²) in [4.78, 5) is 6.63. The van der Waals surface area contributed by atoms with E-state index in [1.54, 1.807) is 16.8 Å². The van der Waals surface area contributed by atoms with Gasteiger partial charge in [-0.2, -0.15) is 18.3 Å². The van der Waals surface area contributed by atoms with Crippen LogP contribution in [0.2, 0.25) is 0 Å². The third kappa shape index (κ3) is 3.24. The van der Waals surface area contributed by atoms with Gasteiger partial charge in [0.1, 0.15) is 17.3 Å². The van der Waals surface area contributed by atoms with Crippen LogP contribution in [0.5, 0.6) is 0 Å². The molecule has 0 spiro atoms. The van der Waals surface area contributed by atoms with Crippen molar-refractivity contribution in [1.29, 1.82) is 0 Å². The quantitative estimate of drug-likeness (QED) is 0.642. The van der Waals surface area contributed by atoms with Crippen molar-refractivity contribution >= 4 is 22.6 Å². The second-order valence-corrected chi connectivity index (χ2v) is 7.72. The first-order valence-electron chi connectivity index (χ1n) is 8.04. The van der Waals surface area contributed by atoms with Crippen molar-refractivity contribution in [1.82, 2.24) is 14.6 Å².